The van der Waals surface area contributed by atoms with Crippen LogP contribution in [-0.4, -0.2) is 15.2 Å². The average molecular weight is 255 g/mol. The molecule has 96 valence electrons. The van der Waals surface area contributed by atoms with Crippen molar-refractivity contribution in [1.82, 2.24) is 4.98 Å². The minimum atomic E-state index is 0.122. The molecule has 0 bridgehead atoms. The van der Waals surface area contributed by atoms with Crippen molar-refractivity contribution in [1.29, 1.82) is 0 Å². The second kappa shape index (κ2) is 4.57. The lowest BCUT2D eigenvalue weighted by atomic mass is 10.2. The first-order chi connectivity index (χ1) is 9.22. The number of hydrogen-bond acceptors (Lipinski definition) is 3. The molecule has 0 radical (unpaired) electrons. The Morgan fingerprint density at radius 1 is 1.00 bits per heavy atom. The number of phenolic OH excluding ortho intramolecular Hbond substituents is 2. The van der Waals surface area contributed by atoms with Gasteiger partial charge in [-0.2, -0.15) is 0 Å². The Labute approximate surface area is 109 Å². The molecule has 3 aromatic rings. The molecule has 4 heteroatoms. The molecule has 0 aliphatic carbocycles. The molecular weight excluding hydrogens is 242 g/mol. The molecule has 0 saturated carbocycles. The van der Waals surface area contributed by atoms with Crippen LogP contribution in [-0.2, 0) is 6.61 Å². The summed E-state index contributed by atoms with van der Waals surface area (Å²) >= 11 is 0. The van der Waals surface area contributed by atoms with Gasteiger partial charge in [-0.05, 0) is 36.4 Å². The monoisotopic (exact) mass is 255 g/mol. The lowest BCUT2D eigenvalue weighted by Gasteiger charge is -2.05. The summed E-state index contributed by atoms with van der Waals surface area (Å²) in [6.45, 7) is 0.326. The quantitative estimate of drug-likeness (QED) is 0.673. The maximum atomic E-state index is 9.60. The molecule has 3 N–H and O–H groups in total. The van der Waals surface area contributed by atoms with Gasteiger partial charge in [0.25, 0.3) is 0 Å². The van der Waals surface area contributed by atoms with Crippen molar-refractivity contribution in [2.24, 2.45) is 0 Å². The third-order valence-corrected chi connectivity index (χ3v) is 2.91. The van der Waals surface area contributed by atoms with Crippen molar-refractivity contribution in [3.63, 3.8) is 0 Å². The molecule has 0 spiro atoms. The van der Waals surface area contributed by atoms with E-state index in [0.29, 0.717) is 12.4 Å². The molecule has 1 heterocycles. The molecule has 19 heavy (non-hydrogen) atoms. The highest BCUT2D eigenvalue weighted by atomic mass is 16.5. The van der Waals surface area contributed by atoms with E-state index in [-0.39, 0.29) is 11.5 Å². The minimum Gasteiger partial charge on any atom is -0.508 e. The van der Waals surface area contributed by atoms with Gasteiger partial charge in [-0.25, -0.2) is 0 Å². The highest BCUT2D eigenvalue weighted by Crippen LogP contribution is 2.26. The summed E-state index contributed by atoms with van der Waals surface area (Å²) in [4.78, 5) is 3.19. The number of aromatic hydroxyl groups is 2. The van der Waals surface area contributed by atoms with E-state index in [0.717, 1.165) is 16.6 Å². The molecule has 0 unspecified atom stereocenters. The number of benzene rings is 2. The molecule has 0 aliphatic rings. The van der Waals surface area contributed by atoms with Crippen LogP contribution in [0.1, 0.15) is 5.69 Å². The second-order valence-corrected chi connectivity index (χ2v) is 4.32. The van der Waals surface area contributed by atoms with Crippen LogP contribution < -0.4 is 4.74 Å². The van der Waals surface area contributed by atoms with E-state index in [1.54, 1.807) is 36.4 Å². The van der Waals surface area contributed by atoms with Crippen molar-refractivity contribution >= 4 is 10.9 Å². The topological polar surface area (TPSA) is 65.5 Å². The molecular formula is C15H13NO3. The molecule has 2 aromatic carbocycles. The normalized spacial score (nSPS) is 10.7. The van der Waals surface area contributed by atoms with Crippen molar-refractivity contribution < 1.29 is 14.9 Å². The predicted octanol–water partition coefficient (Wildman–Crippen LogP) is 3.16. The number of rotatable bonds is 3. The SMILES string of the molecule is Oc1ccc2[nH]c(COc3ccccc3O)cc2c1. The van der Waals surface area contributed by atoms with Gasteiger partial charge in [0.05, 0.1) is 5.69 Å². The summed E-state index contributed by atoms with van der Waals surface area (Å²) in [5, 5.41) is 19.9. The average Bonchev–Trinajstić information content (AvgIpc) is 2.79. The van der Waals surface area contributed by atoms with E-state index < -0.39 is 0 Å². The first-order valence-electron chi connectivity index (χ1n) is 5.94. The van der Waals surface area contributed by atoms with E-state index in [1.165, 1.54) is 0 Å². The number of hydrogen-bond donors (Lipinski definition) is 3. The molecule has 0 atom stereocenters. The number of ether oxygens (including phenoxy) is 1. The van der Waals surface area contributed by atoms with Gasteiger partial charge < -0.3 is 19.9 Å². The summed E-state index contributed by atoms with van der Waals surface area (Å²) in [6.07, 6.45) is 0. The molecule has 0 fully saturated rings. The van der Waals surface area contributed by atoms with E-state index in [4.69, 9.17) is 4.74 Å². The second-order valence-electron chi connectivity index (χ2n) is 4.32. The van der Waals surface area contributed by atoms with Gasteiger partial charge in [0, 0.05) is 10.9 Å². The molecule has 0 saturated heterocycles. The standard InChI is InChI=1S/C15H13NO3/c17-12-5-6-13-10(8-12)7-11(16-13)9-19-15-4-2-1-3-14(15)18/h1-8,16-18H,9H2. The van der Waals surface area contributed by atoms with Crippen LogP contribution in [0.15, 0.2) is 48.5 Å². The molecule has 1 aromatic heterocycles. The number of phenols is 2. The lowest BCUT2D eigenvalue weighted by molar-refractivity contribution is 0.286. The van der Waals surface area contributed by atoms with Gasteiger partial charge in [0.1, 0.15) is 12.4 Å². The fourth-order valence-electron chi connectivity index (χ4n) is 1.99. The van der Waals surface area contributed by atoms with Gasteiger partial charge in [-0.3, -0.25) is 0 Å². The van der Waals surface area contributed by atoms with Crippen molar-refractivity contribution in [3.05, 3.63) is 54.2 Å². The minimum absolute atomic E-state index is 0.122. The zero-order chi connectivity index (χ0) is 13.2. The number of H-pyrrole nitrogens is 1. The third-order valence-electron chi connectivity index (χ3n) is 2.91. The number of para-hydroxylation sites is 2. The summed E-state index contributed by atoms with van der Waals surface area (Å²) in [6, 6.07) is 13.9. The van der Waals surface area contributed by atoms with E-state index in [2.05, 4.69) is 4.98 Å². The number of fused-ring (bicyclic) bond motifs is 1. The summed E-state index contributed by atoms with van der Waals surface area (Å²) in [5.41, 5.74) is 1.82. The largest absolute Gasteiger partial charge is 0.508 e. The maximum absolute atomic E-state index is 9.60. The Morgan fingerprint density at radius 2 is 1.84 bits per heavy atom. The Kier molecular flexibility index (Phi) is 2.76. The Morgan fingerprint density at radius 3 is 2.68 bits per heavy atom. The van der Waals surface area contributed by atoms with Crippen molar-refractivity contribution in [2.45, 2.75) is 6.61 Å². The highest BCUT2D eigenvalue weighted by Gasteiger charge is 2.04. The summed E-state index contributed by atoms with van der Waals surface area (Å²) < 4.78 is 5.54. The maximum Gasteiger partial charge on any atom is 0.161 e. The van der Waals surface area contributed by atoms with E-state index in [1.807, 2.05) is 12.1 Å². The zero-order valence-electron chi connectivity index (χ0n) is 10.1. The van der Waals surface area contributed by atoms with E-state index >= 15 is 0 Å². The van der Waals surface area contributed by atoms with Crippen LogP contribution in [0.3, 0.4) is 0 Å². The zero-order valence-corrected chi connectivity index (χ0v) is 10.1. The summed E-state index contributed by atoms with van der Waals surface area (Å²) in [5.74, 6) is 0.805. The Hall–Kier alpha value is -2.62. The van der Waals surface area contributed by atoms with Crippen LogP contribution in [0.2, 0.25) is 0 Å². The molecule has 4 nitrogen and oxygen atoms in total. The Balaban J connectivity index is 1.80. The first-order valence-corrected chi connectivity index (χ1v) is 5.94. The predicted molar refractivity (Wildman–Crippen MR) is 72.4 cm³/mol. The molecule has 0 amide bonds. The molecule has 3 rings (SSSR count). The third kappa shape index (κ3) is 2.33. The van der Waals surface area contributed by atoms with Crippen LogP contribution in [0.25, 0.3) is 10.9 Å². The fourth-order valence-corrected chi connectivity index (χ4v) is 1.99. The van der Waals surface area contributed by atoms with Crippen molar-refractivity contribution in [2.75, 3.05) is 0 Å². The van der Waals surface area contributed by atoms with Gasteiger partial charge in [-0.15, -0.1) is 0 Å². The first kappa shape index (κ1) is 11.5. The number of aromatic amines is 1. The number of aromatic nitrogens is 1. The van der Waals surface area contributed by atoms with Gasteiger partial charge in [0.2, 0.25) is 0 Å². The van der Waals surface area contributed by atoms with Crippen LogP contribution >= 0.6 is 0 Å². The van der Waals surface area contributed by atoms with Crippen LogP contribution in [0, 0.1) is 0 Å². The van der Waals surface area contributed by atoms with Crippen molar-refractivity contribution in [3.8, 4) is 17.2 Å². The summed E-state index contributed by atoms with van der Waals surface area (Å²) in [7, 11) is 0. The van der Waals surface area contributed by atoms with Crippen LogP contribution in [0.4, 0.5) is 0 Å². The van der Waals surface area contributed by atoms with Gasteiger partial charge in [0.15, 0.2) is 11.5 Å². The smallest absolute Gasteiger partial charge is 0.161 e. The Bertz CT molecular complexity index is 718. The fraction of sp³-hybridized carbons (Fsp3) is 0.0667. The van der Waals surface area contributed by atoms with Crippen LogP contribution in [0.5, 0.6) is 17.2 Å². The number of nitrogens with one attached hydrogen (secondary N) is 1. The van der Waals surface area contributed by atoms with Gasteiger partial charge in [-0.1, -0.05) is 12.1 Å². The molecule has 0 aliphatic heterocycles. The van der Waals surface area contributed by atoms with E-state index in [9.17, 15) is 10.2 Å². The lowest BCUT2D eigenvalue weighted by Crippen LogP contribution is -1.95. The van der Waals surface area contributed by atoms with Gasteiger partial charge >= 0.3 is 0 Å². The highest BCUT2D eigenvalue weighted by molar-refractivity contribution is 5.81.